The van der Waals surface area contributed by atoms with Crippen molar-refractivity contribution < 1.29 is 4.79 Å². The summed E-state index contributed by atoms with van der Waals surface area (Å²) in [4.78, 5) is 16.3. The Labute approximate surface area is 111 Å². The van der Waals surface area contributed by atoms with E-state index < -0.39 is 0 Å². The predicted octanol–water partition coefficient (Wildman–Crippen LogP) is 3.12. The summed E-state index contributed by atoms with van der Waals surface area (Å²) in [7, 11) is 0. The zero-order chi connectivity index (χ0) is 12.3. The van der Waals surface area contributed by atoms with E-state index in [1.165, 1.54) is 17.8 Å². The molecular formula is C12H17ClN2OS. The van der Waals surface area contributed by atoms with Crippen molar-refractivity contribution in [3.05, 3.63) is 16.1 Å². The largest absolute Gasteiger partial charge is 0.344 e. The van der Waals surface area contributed by atoms with Crippen molar-refractivity contribution in [3.63, 3.8) is 0 Å². The average molecular weight is 273 g/mol. The zero-order valence-corrected chi connectivity index (χ0v) is 11.5. The number of nitrogens with one attached hydrogen (secondary N) is 1. The Kier molecular flexibility index (Phi) is 4.05. The first kappa shape index (κ1) is 12.8. The highest BCUT2D eigenvalue weighted by Gasteiger charge is 2.33. The van der Waals surface area contributed by atoms with Gasteiger partial charge in [0.15, 0.2) is 0 Å². The van der Waals surface area contributed by atoms with Gasteiger partial charge in [0.05, 0.1) is 10.5 Å². The molecule has 5 heteroatoms. The molecule has 1 aromatic heterocycles. The first-order valence-corrected chi connectivity index (χ1v) is 7.37. The molecule has 1 saturated carbocycles. The fourth-order valence-corrected chi connectivity index (χ4v) is 3.22. The van der Waals surface area contributed by atoms with Gasteiger partial charge < -0.3 is 5.32 Å². The average Bonchev–Trinajstić information content (AvgIpc) is 2.77. The van der Waals surface area contributed by atoms with E-state index in [1.54, 1.807) is 5.38 Å². The van der Waals surface area contributed by atoms with E-state index in [9.17, 15) is 4.79 Å². The van der Waals surface area contributed by atoms with Crippen LogP contribution in [0.25, 0.3) is 0 Å². The number of hydrogen-bond donors (Lipinski definition) is 1. The topological polar surface area (TPSA) is 42.0 Å². The maximum Gasteiger partial charge on any atom is 0.271 e. The molecule has 1 fully saturated rings. The third-order valence-electron chi connectivity index (χ3n) is 3.30. The minimum absolute atomic E-state index is 0.0862. The molecule has 94 valence electrons. The lowest BCUT2D eigenvalue weighted by Gasteiger charge is -2.36. The van der Waals surface area contributed by atoms with Crippen LogP contribution in [0.15, 0.2) is 5.38 Å². The Morgan fingerprint density at radius 1 is 1.53 bits per heavy atom. The van der Waals surface area contributed by atoms with E-state index in [1.807, 2.05) is 6.92 Å². The molecule has 1 aromatic rings. The summed E-state index contributed by atoms with van der Waals surface area (Å²) in [5.74, 6) is 0.402. The molecular weight excluding hydrogens is 256 g/mol. The molecule has 17 heavy (non-hydrogen) atoms. The number of carbonyl (C=O) groups excluding carboxylic acids is 1. The SMILES string of the molecule is Cc1nc(C(=O)NC2(CCl)CCCCC2)cs1. The molecule has 0 unspecified atom stereocenters. The van der Waals surface area contributed by atoms with Crippen LogP contribution >= 0.6 is 22.9 Å². The van der Waals surface area contributed by atoms with E-state index in [0.29, 0.717) is 11.6 Å². The van der Waals surface area contributed by atoms with Crippen LogP contribution in [-0.2, 0) is 0 Å². The summed E-state index contributed by atoms with van der Waals surface area (Å²) in [6, 6.07) is 0. The van der Waals surface area contributed by atoms with Crippen molar-refractivity contribution in [2.75, 3.05) is 5.88 Å². The van der Waals surface area contributed by atoms with Crippen LogP contribution in [0, 0.1) is 6.92 Å². The lowest BCUT2D eigenvalue weighted by atomic mass is 9.83. The Morgan fingerprint density at radius 3 is 2.76 bits per heavy atom. The van der Waals surface area contributed by atoms with E-state index >= 15 is 0 Å². The van der Waals surface area contributed by atoms with Crippen LogP contribution < -0.4 is 5.32 Å². The minimum Gasteiger partial charge on any atom is -0.344 e. The quantitative estimate of drug-likeness (QED) is 0.859. The normalized spacial score (nSPS) is 18.9. The summed E-state index contributed by atoms with van der Waals surface area (Å²) in [6.45, 7) is 1.90. The molecule has 0 aliphatic heterocycles. The van der Waals surface area contributed by atoms with Crippen LogP contribution in [0.5, 0.6) is 0 Å². The number of thiazole rings is 1. The Balaban J connectivity index is 2.05. The van der Waals surface area contributed by atoms with Gasteiger partial charge in [-0.2, -0.15) is 0 Å². The number of nitrogens with zero attached hydrogens (tertiary/aromatic N) is 1. The second-order valence-electron chi connectivity index (χ2n) is 4.68. The fraction of sp³-hybridized carbons (Fsp3) is 0.667. The summed E-state index contributed by atoms with van der Waals surface area (Å²) in [5.41, 5.74) is 0.302. The zero-order valence-electron chi connectivity index (χ0n) is 9.96. The predicted molar refractivity (Wildman–Crippen MR) is 70.9 cm³/mol. The van der Waals surface area contributed by atoms with Gasteiger partial charge in [-0.15, -0.1) is 22.9 Å². The van der Waals surface area contributed by atoms with Crippen LogP contribution in [0.2, 0.25) is 0 Å². The van der Waals surface area contributed by atoms with Gasteiger partial charge in [0, 0.05) is 11.3 Å². The number of amides is 1. The molecule has 0 bridgehead atoms. The number of hydrogen-bond acceptors (Lipinski definition) is 3. The number of rotatable bonds is 3. The van der Waals surface area contributed by atoms with Gasteiger partial charge in [0.2, 0.25) is 0 Å². The Morgan fingerprint density at radius 2 is 2.24 bits per heavy atom. The monoisotopic (exact) mass is 272 g/mol. The van der Waals surface area contributed by atoms with E-state index in [4.69, 9.17) is 11.6 Å². The summed E-state index contributed by atoms with van der Waals surface area (Å²) in [5, 5.41) is 5.80. The van der Waals surface area contributed by atoms with Gasteiger partial charge >= 0.3 is 0 Å². The molecule has 1 aliphatic rings. The Bertz CT molecular complexity index is 399. The fourth-order valence-electron chi connectivity index (χ4n) is 2.29. The maximum absolute atomic E-state index is 12.1. The number of carbonyl (C=O) groups is 1. The van der Waals surface area contributed by atoms with Crippen molar-refractivity contribution in [2.45, 2.75) is 44.6 Å². The molecule has 1 amide bonds. The molecule has 0 saturated heterocycles. The van der Waals surface area contributed by atoms with Crippen LogP contribution in [0.1, 0.15) is 47.6 Å². The molecule has 2 rings (SSSR count). The highest BCUT2D eigenvalue weighted by Crippen LogP contribution is 2.29. The first-order valence-electron chi connectivity index (χ1n) is 5.96. The van der Waals surface area contributed by atoms with Crippen molar-refractivity contribution in [2.24, 2.45) is 0 Å². The third-order valence-corrected chi connectivity index (χ3v) is 4.58. The Hall–Kier alpha value is -0.610. The van der Waals surface area contributed by atoms with Gasteiger partial charge in [-0.05, 0) is 19.8 Å². The molecule has 3 nitrogen and oxygen atoms in total. The van der Waals surface area contributed by atoms with E-state index in [-0.39, 0.29) is 11.4 Å². The van der Waals surface area contributed by atoms with Crippen LogP contribution in [-0.4, -0.2) is 22.3 Å². The smallest absolute Gasteiger partial charge is 0.271 e. The summed E-state index contributed by atoms with van der Waals surface area (Å²) < 4.78 is 0. The highest BCUT2D eigenvalue weighted by molar-refractivity contribution is 7.09. The number of aryl methyl sites for hydroxylation is 1. The molecule has 1 heterocycles. The number of halogens is 1. The number of aromatic nitrogens is 1. The second kappa shape index (κ2) is 5.36. The standard InChI is InChI=1S/C12H17ClN2OS/c1-9-14-10(7-17-9)11(16)15-12(8-13)5-3-2-4-6-12/h7H,2-6,8H2,1H3,(H,15,16). The van der Waals surface area contributed by atoms with Crippen molar-refractivity contribution >= 4 is 28.8 Å². The van der Waals surface area contributed by atoms with E-state index in [0.717, 1.165) is 30.7 Å². The van der Waals surface area contributed by atoms with Gasteiger partial charge in [0.25, 0.3) is 5.91 Å². The lowest BCUT2D eigenvalue weighted by Crippen LogP contribution is -2.51. The molecule has 0 atom stereocenters. The molecule has 0 spiro atoms. The van der Waals surface area contributed by atoms with Gasteiger partial charge in [-0.25, -0.2) is 4.98 Å². The van der Waals surface area contributed by atoms with Crippen LogP contribution in [0.4, 0.5) is 0 Å². The van der Waals surface area contributed by atoms with Crippen molar-refractivity contribution in [3.8, 4) is 0 Å². The number of alkyl halides is 1. The minimum atomic E-state index is -0.214. The lowest BCUT2D eigenvalue weighted by molar-refractivity contribution is 0.0880. The summed E-state index contributed by atoms with van der Waals surface area (Å²) in [6.07, 6.45) is 5.48. The molecule has 0 aromatic carbocycles. The van der Waals surface area contributed by atoms with Crippen molar-refractivity contribution in [1.82, 2.24) is 10.3 Å². The highest BCUT2D eigenvalue weighted by atomic mass is 35.5. The summed E-state index contributed by atoms with van der Waals surface area (Å²) >= 11 is 7.54. The van der Waals surface area contributed by atoms with Gasteiger partial charge in [-0.3, -0.25) is 4.79 Å². The maximum atomic E-state index is 12.1. The van der Waals surface area contributed by atoms with Crippen LogP contribution in [0.3, 0.4) is 0 Å². The van der Waals surface area contributed by atoms with Gasteiger partial charge in [-0.1, -0.05) is 19.3 Å². The molecule has 1 N–H and O–H groups in total. The van der Waals surface area contributed by atoms with Gasteiger partial charge in [0.1, 0.15) is 5.69 Å². The second-order valence-corrected chi connectivity index (χ2v) is 6.01. The molecule has 0 radical (unpaired) electrons. The first-order chi connectivity index (χ1) is 8.15. The molecule has 1 aliphatic carbocycles. The van der Waals surface area contributed by atoms with E-state index in [2.05, 4.69) is 10.3 Å². The van der Waals surface area contributed by atoms with Crippen molar-refractivity contribution in [1.29, 1.82) is 0 Å². The third kappa shape index (κ3) is 2.99.